The van der Waals surface area contributed by atoms with E-state index < -0.39 is 5.92 Å². The van der Waals surface area contributed by atoms with Crippen molar-refractivity contribution in [1.29, 1.82) is 0 Å². The maximum Gasteiger partial charge on any atom is 0.299 e. The summed E-state index contributed by atoms with van der Waals surface area (Å²) in [5.74, 6) is -3.74. The van der Waals surface area contributed by atoms with E-state index in [1.54, 1.807) is 12.1 Å². The maximum absolute atomic E-state index is 14.8. The normalized spacial score (nSPS) is 14.3. The number of benzene rings is 2. The van der Waals surface area contributed by atoms with Crippen molar-refractivity contribution in [2.45, 2.75) is 5.92 Å². The second kappa shape index (κ2) is 5.91. The minimum atomic E-state index is -3.23. The lowest BCUT2D eigenvalue weighted by Crippen LogP contribution is -2.13. The van der Waals surface area contributed by atoms with Crippen molar-refractivity contribution in [3.05, 3.63) is 58.7 Å². The molecule has 2 aromatic carbocycles. The number of carbonyl (C=O) groups excluding carboxylic acids is 2. The summed E-state index contributed by atoms with van der Waals surface area (Å²) in [5.41, 5.74) is 0.892. The van der Waals surface area contributed by atoms with Gasteiger partial charge in [0.2, 0.25) is 0 Å². The molecular weight excluding hydrogens is 434 g/mol. The van der Waals surface area contributed by atoms with Crippen molar-refractivity contribution >= 4 is 43.4 Å². The zero-order chi connectivity index (χ0) is 16.8. The summed E-state index contributed by atoms with van der Waals surface area (Å²) in [6, 6.07) is 8.65. The highest BCUT2D eigenvalue weighted by atomic mass is 79.9. The van der Waals surface area contributed by atoms with Crippen molar-refractivity contribution < 1.29 is 18.4 Å². The molecule has 3 rings (SSSR count). The Morgan fingerprint density at radius 2 is 1.22 bits per heavy atom. The number of hydrogen-bond acceptors (Lipinski definition) is 2. The molecule has 118 valence electrons. The van der Waals surface area contributed by atoms with E-state index in [0.29, 0.717) is 11.1 Å². The number of fused-ring (bicyclic) bond motifs is 3. The number of alkyl halides is 4. The Labute approximate surface area is 148 Å². The van der Waals surface area contributed by atoms with Crippen LogP contribution in [0.25, 0.3) is 11.1 Å². The number of carbonyl (C=O) groups is 2. The summed E-state index contributed by atoms with van der Waals surface area (Å²) in [5, 5.41) is 0.155. The van der Waals surface area contributed by atoms with E-state index >= 15 is 0 Å². The zero-order valence-corrected chi connectivity index (χ0v) is 14.9. The molecule has 1 aliphatic rings. The Morgan fingerprint density at radius 1 is 0.826 bits per heavy atom. The van der Waals surface area contributed by atoms with E-state index in [1.165, 1.54) is 24.3 Å². The Bertz CT molecular complexity index is 764. The van der Waals surface area contributed by atoms with Crippen molar-refractivity contribution in [2.75, 3.05) is 10.7 Å². The van der Waals surface area contributed by atoms with Crippen LogP contribution in [0.15, 0.2) is 36.4 Å². The lowest BCUT2D eigenvalue weighted by molar-refractivity contribution is 0.0479. The molecule has 0 N–H and O–H groups in total. The fourth-order valence-electron chi connectivity index (χ4n) is 2.72. The summed E-state index contributed by atoms with van der Waals surface area (Å²) in [7, 11) is 0. The van der Waals surface area contributed by atoms with E-state index in [0.717, 1.165) is 0 Å². The van der Waals surface area contributed by atoms with Crippen LogP contribution in [0, 0.1) is 0 Å². The first-order chi connectivity index (χ1) is 10.9. The van der Waals surface area contributed by atoms with E-state index in [9.17, 15) is 18.4 Å². The molecular formula is C17H10Br2F2O2. The van der Waals surface area contributed by atoms with Crippen LogP contribution in [0.3, 0.4) is 0 Å². The highest BCUT2D eigenvalue weighted by Crippen LogP contribution is 2.51. The number of ketones is 2. The Kier molecular flexibility index (Phi) is 4.23. The van der Waals surface area contributed by atoms with Crippen molar-refractivity contribution in [2.24, 2.45) is 0 Å². The number of hydrogen-bond donors (Lipinski definition) is 0. The van der Waals surface area contributed by atoms with E-state index in [1.807, 2.05) is 0 Å². The second-order valence-electron chi connectivity index (χ2n) is 5.21. The largest absolute Gasteiger partial charge is 0.299 e. The van der Waals surface area contributed by atoms with Crippen LogP contribution in [-0.2, 0) is 5.92 Å². The standard InChI is InChI=1S/C17H10Br2F2O2/c18-7-15(22)9-1-3-11-12-4-2-10(16(23)8-19)6-14(12)17(20,21)13(11)5-9/h1-6H,7-8H2. The highest BCUT2D eigenvalue weighted by molar-refractivity contribution is 9.09. The van der Waals surface area contributed by atoms with Gasteiger partial charge in [-0.05, 0) is 23.3 Å². The van der Waals surface area contributed by atoms with Gasteiger partial charge in [-0.3, -0.25) is 9.59 Å². The molecule has 0 amide bonds. The van der Waals surface area contributed by atoms with Gasteiger partial charge in [0.05, 0.1) is 10.7 Å². The summed E-state index contributed by atoms with van der Waals surface area (Å²) < 4.78 is 29.6. The second-order valence-corrected chi connectivity index (χ2v) is 6.33. The predicted molar refractivity (Wildman–Crippen MR) is 91.1 cm³/mol. The molecule has 0 unspecified atom stereocenters. The Morgan fingerprint density at radius 3 is 1.57 bits per heavy atom. The molecule has 6 heteroatoms. The first-order valence-electron chi connectivity index (χ1n) is 6.75. The lowest BCUT2D eigenvalue weighted by Gasteiger charge is -2.13. The summed E-state index contributed by atoms with van der Waals surface area (Å²) in [6.07, 6.45) is 0. The molecule has 0 fully saturated rings. The van der Waals surface area contributed by atoms with E-state index in [-0.39, 0.29) is 44.5 Å². The fraction of sp³-hybridized carbons (Fsp3) is 0.176. The number of halogens is 4. The van der Waals surface area contributed by atoms with Crippen LogP contribution < -0.4 is 0 Å². The topological polar surface area (TPSA) is 34.1 Å². The maximum atomic E-state index is 14.8. The Balaban J connectivity index is 2.17. The van der Waals surface area contributed by atoms with Gasteiger partial charge in [0.25, 0.3) is 5.92 Å². The van der Waals surface area contributed by atoms with E-state index in [2.05, 4.69) is 31.9 Å². The molecule has 0 aliphatic heterocycles. The van der Waals surface area contributed by atoms with Crippen LogP contribution >= 0.6 is 31.9 Å². The molecule has 0 radical (unpaired) electrons. The van der Waals surface area contributed by atoms with E-state index in [4.69, 9.17) is 0 Å². The Hall–Kier alpha value is -1.40. The van der Waals surface area contributed by atoms with Crippen molar-refractivity contribution in [3.8, 4) is 11.1 Å². The minimum Gasteiger partial charge on any atom is -0.293 e. The van der Waals surface area contributed by atoms with Gasteiger partial charge in [0.15, 0.2) is 11.6 Å². The molecule has 2 aromatic rings. The van der Waals surface area contributed by atoms with Gasteiger partial charge in [0.1, 0.15) is 0 Å². The average molecular weight is 444 g/mol. The highest BCUT2D eigenvalue weighted by Gasteiger charge is 2.44. The molecule has 0 heterocycles. The third-order valence-corrected chi connectivity index (χ3v) is 4.91. The van der Waals surface area contributed by atoms with Crippen LogP contribution in [0.1, 0.15) is 31.8 Å². The van der Waals surface area contributed by atoms with Crippen molar-refractivity contribution in [1.82, 2.24) is 0 Å². The molecule has 0 spiro atoms. The lowest BCUT2D eigenvalue weighted by atomic mass is 10.0. The summed E-state index contributed by atoms with van der Waals surface area (Å²) in [4.78, 5) is 23.5. The van der Waals surface area contributed by atoms with Crippen molar-refractivity contribution in [3.63, 3.8) is 0 Å². The predicted octanol–water partition coefficient (Wildman–Crippen LogP) is 4.96. The average Bonchev–Trinajstić information content (AvgIpc) is 2.80. The molecule has 2 nitrogen and oxygen atoms in total. The van der Waals surface area contributed by atoms with Gasteiger partial charge in [-0.2, -0.15) is 8.78 Å². The van der Waals surface area contributed by atoms with Gasteiger partial charge in [-0.25, -0.2) is 0 Å². The fourth-order valence-corrected chi connectivity index (χ4v) is 3.37. The molecule has 0 atom stereocenters. The number of Topliss-reactive ketones (excluding diaryl/α,β-unsaturated/α-hetero) is 2. The molecule has 0 aromatic heterocycles. The monoisotopic (exact) mass is 442 g/mol. The third kappa shape index (κ3) is 2.58. The minimum absolute atomic E-state index is 0.0776. The first kappa shape index (κ1) is 16.5. The van der Waals surface area contributed by atoms with Gasteiger partial charge in [0, 0.05) is 22.3 Å². The van der Waals surface area contributed by atoms with Crippen LogP contribution in [0.2, 0.25) is 0 Å². The molecule has 23 heavy (non-hydrogen) atoms. The van der Waals surface area contributed by atoms with Crippen LogP contribution in [0.5, 0.6) is 0 Å². The summed E-state index contributed by atoms with van der Waals surface area (Å²) >= 11 is 6.09. The van der Waals surface area contributed by atoms with Gasteiger partial charge < -0.3 is 0 Å². The quantitative estimate of drug-likeness (QED) is 0.494. The first-order valence-corrected chi connectivity index (χ1v) is 9.00. The smallest absolute Gasteiger partial charge is 0.293 e. The summed E-state index contributed by atoms with van der Waals surface area (Å²) in [6.45, 7) is 0. The van der Waals surface area contributed by atoms with Crippen LogP contribution in [-0.4, -0.2) is 22.2 Å². The molecule has 0 saturated carbocycles. The van der Waals surface area contributed by atoms with Gasteiger partial charge in [-0.1, -0.05) is 56.1 Å². The molecule has 0 bridgehead atoms. The number of rotatable bonds is 4. The van der Waals surface area contributed by atoms with Gasteiger partial charge in [-0.15, -0.1) is 0 Å². The molecule has 0 saturated heterocycles. The van der Waals surface area contributed by atoms with Gasteiger partial charge >= 0.3 is 0 Å². The SMILES string of the molecule is O=C(CBr)c1ccc2c(c1)C(F)(F)c1cc(C(=O)CBr)ccc1-2. The van der Waals surface area contributed by atoms with Crippen LogP contribution in [0.4, 0.5) is 8.78 Å². The molecule has 1 aliphatic carbocycles. The zero-order valence-electron chi connectivity index (χ0n) is 11.7. The third-order valence-electron chi connectivity index (χ3n) is 3.89.